The monoisotopic (exact) mass is 283 g/mol. The quantitative estimate of drug-likeness (QED) is 0.685. The minimum atomic E-state index is 0.00319. The maximum absolute atomic E-state index is 12.8. The van der Waals surface area contributed by atoms with Crippen LogP contribution in [0.15, 0.2) is 30.3 Å². The molecule has 0 bridgehead atoms. The number of ether oxygens (including phenoxy) is 1. The number of anilines is 1. The highest BCUT2D eigenvalue weighted by Gasteiger charge is 2.18. The Balaban J connectivity index is 2.54. The highest BCUT2D eigenvalue weighted by molar-refractivity contribution is 6.11. The van der Waals surface area contributed by atoms with E-state index >= 15 is 0 Å². The fraction of sp³-hybridized carbons (Fsp3) is 0.278. The van der Waals surface area contributed by atoms with Crippen LogP contribution in [0.25, 0.3) is 0 Å². The molecule has 0 atom stereocenters. The van der Waals surface area contributed by atoms with E-state index in [9.17, 15) is 4.79 Å². The molecule has 2 N–H and O–H groups in total. The van der Waals surface area contributed by atoms with E-state index in [1.54, 1.807) is 24.3 Å². The summed E-state index contributed by atoms with van der Waals surface area (Å²) in [7, 11) is 0. The molecule has 3 heteroatoms. The van der Waals surface area contributed by atoms with E-state index in [0.717, 1.165) is 28.0 Å². The van der Waals surface area contributed by atoms with E-state index in [0.29, 0.717) is 17.9 Å². The Labute approximate surface area is 125 Å². The van der Waals surface area contributed by atoms with Crippen molar-refractivity contribution in [3.63, 3.8) is 0 Å². The maximum Gasteiger partial charge on any atom is 0.193 e. The van der Waals surface area contributed by atoms with Crippen LogP contribution < -0.4 is 10.5 Å². The Hall–Kier alpha value is -2.29. The van der Waals surface area contributed by atoms with Crippen LogP contribution in [0, 0.1) is 20.8 Å². The second-order valence-corrected chi connectivity index (χ2v) is 5.20. The van der Waals surface area contributed by atoms with Crippen LogP contribution in [-0.4, -0.2) is 12.4 Å². The largest absolute Gasteiger partial charge is 0.494 e. The summed E-state index contributed by atoms with van der Waals surface area (Å²) >= 11 is 0. The summed E-state index contributed by atoms with van der Waals surface area (Å²) in [5.74, 6) is 0.847. The molecule has 0 aromatic heterocycles. The average molecular weight is 283 g/mol. The van der Waals surface area contributed by atoms with Gasteiger partial charge in [0.05, 0.1) is 6.61 Å². The molecule has 2 rings (SSSR count). The van der Waals surface area contributed by atoms with Gasteiger partial charge in [-0.1, -0.05) is 12.1 Å². The first-order chi connectivity index (χ1) is 9.95. The minimum Gasteiger partial charge on any atom is -0.494 e. The molecule has 0 spiro atoms. The summed E-state index contributed by atoms with van der Waals surface area (Å²) in [6, 6.07) is 9.02. The number of hydrogen-bond acceptors (Lipinski definition) is 3. The molecule has 0 aliphatic carbocycles. The van der Waals surface area contributed by atoms with Gasteiger partial charge in [0.15, 0.2) is 5.78 Å². The fourth-order valence-corrected chi connectivity index (χ4v) is 2.52. The predicted octanol–water partition coefficient (Wildman–Crippen LogP) is 3.82. The van der Waals surface area contributed by atoms with Gasteiger partial charge in [-0.3, -0.25) is 4.79 Å². The van der Waals surface area contributed by atoms with Crippen LogP contribution in [0.5, 0.6) is 5.75 Å². The van der Waals surface area contributed by atoms with Gasteiger partial charge in [-0.05, 0) is 62.6 Å². The predicted molar refractivity (Wildman–Crippen MR) is 86.1 cm³/mol. The lowest BCUT2D eigenvalue weighted by Crippen LogP contribution is -2.09. The number of aryl methyl sites for hydroxylation is 1. The lowest BCUT2D eigenvalue weighted by Gasteiger charge is -2.16. The van der Waals surface area contributed by atoms with Crippen molar-refractivity contribution in [2.24, 2.45) is 0 Å². The number of hydrogen-bond donors (Lipinski definition) is 1. The zero-order chi connectivity index (χ0) is 15.6. The molecule has 21 heavy (non-hydrogen) atoms. The lowest BCUT2D eigenvalue weighted by molar-refractivity contribution is 0.103. The van der Waals surface area contributed by atoms with Gasteiger partial charge in [-0.15, -0.1) is 0 Å². The number of benzene rings is 2. The van der Waals surface area contributed by atoms with Crippen molar-refractivity contribution in [2.75, 3.05) is 12.3 Å². The van der Waals surface area contributed by atoms with E-state index in [4.69, 9.17) is 10.5 Å². The molecule has 2 aromatic carbocycles. The molecular formula is C18H21NO2. The number of carbonyl (C=O) groups excluding carboxylic acids is 1. The van der Waals surface area contributed by atoms with Gasteiger partial charge in [0.25, 0.3) is 0 Å². The Bertz CT molecular complexity index is 690. The van der Waals surface area contributed by atoms with E-state index in [2.05, 4.69) is 0 Å². The van der Waals surface area contributed by atoms with Crippen molar-refractivity contribution in [3.8, 4) is 5.75 Å². The molecule has 0 heterocycles. The first-order valence-corrected chi connectivity index (χ1v) is 7.09. The number of nitrogen functional groups attached to an aromatic ring is 1. The Morgan fingerprint density at radius 2 is 1.86 bits per heavy atom. The van der Waals surface area contributed by atoms with Crippen LogP contribution in [0.3, 0.4) is 0 Å². The van der Waals surface area contributed by atoms with Gasteiger partial charge in [-0.2, -0.15) is 0 Å². The second kappa shape index (κ2) is 6.00. The summed E-state index contributed by atoms with van der Waals surface area (Å²) in [5.41, 5.74) is 10.6. The van der Waals surface area contributed by atoms with Crippen LogP contribution in [0.1, 0.15) is 39.5 Å². The van der Waals surface area contributed by atoms with Crippen molar-refractivity contribution in [2.45, 2.75) is 27.7 Å². The van der Waals surface area contributed by atoms with E-state index < -0.39 is 0 Å². The molecule has 0 radical (unpaired) electrons. The first-order valence-electron chi connectivity index (χ1n) is 7.09. The third kappa shape index (κ3) is 2.92. The SMILES string of the molecule is CCOc1cc(C)c(C(=O)c2cccc(N)c2)c(C)c1C. The first kappa shape index (κ1) is 15.1. The standard InChI is InChI=1S/C18H21NO2/c1-5-21-16-9-11(2)17(13(4)12(16)3)18(20)14-7-6-8-15(19)10-14/h6-10H,5,19H2,1-4H3. The highest BCUT2D eigenvalue weighted by atomic mass is 16.5. The molecular weight excluding hydrogens is 262 g/mol. The zero-order valence-corrected chi connectivity index (χ0v) is 13.0. The number of ketones is 1. The normalized spacial score (nSPS) is 10.5. The number of carbonyl (C=O) groups is 1. The van der Waals surface area contributed by atoms with Gasteiger partial charge < -0.3 is 10.5 Å². The third-order valence-electron chi connectivity index (χ3n) is 3.72. The minimum absolute atomic E-state index is 0.00319. The third-order valence-corrected chi connectivity index (χ3v) is 3.72. The molecule has 0 amide bonds. The van der Waals surface area contributed by atoms with Crippen LogP contribution in [-0.2, 0) is 0 Å². The van der Waals surface area contributed by atoms with Crippen molar-refractivity contribution >= 4 is 11.5 Å². The van der Waals surface area contributed by atoms with E-state index in [-0.39, 0.29) is 5.78 Å². The van der Waals surface area contributed by atoms with Gasteiger partial charge >= 0.3 is 0 Å². The molecule has 0 saturated carbocycles. The van der Waals surface area contributed by atoms with Crippen molar-refractivity contribution in [1.82, 2.24) is 0 Å². The molecule has 2 aromatic rings. The summed E-state index contributed by atoms with van der Waals surface area (Å²) in [5, 5.41) is 0. The molecule has 0 fully saturated rings. The second-order valence-electron chi connectivity index (χ2n) is 5.20. The van der Waals surface area contributed by atoms with Gasteiger partial charge in [-0.25, -0.2) is 0 Å². The smallest absolute Gasteiger partial charge is 0.193 e. The van der Waals surface area contributed by atoms with Crippen molar-refractivity contribution in [1.29, 1.82) is 0 Å². The van der Waals surface area contributed by atoms with Crippen LogP contribution >= 0.6 is 0 Å². The fourth-order valence-electron chi connectivity index (χ4n) is 2.52. The summed E-state index contributed by atoms with van der Waals surface area (Å²) < 4.78 is 5.63. The molecule has 0 saturated heterocycles. The zero-order valence-electron chi connectivity index (χ0n) is 13.0. The average Bonchev–Trinajstić information content (AvgIpc) is 2.44. The van der Waals surface area contributed by atoms with Crippen LogP contribution in [0.4, 0.5) is 5.69 Å². The topological polar surface area (TPSA) is 52.3 Å². The lowest BCUT2D eigenvalue weighted by atomic mass is 9.91. The summed E-state index contributed by atoms with van der Waals surface area (Å²) in [6.07, 6.45) is 0. The maximum atomic E-state index is 12.8. The molecule has 3 nitrogen and oxygen atoms in total. The summed E-state index contributed by atoms with van der Waals surface area (Å²) in [4.78, 5) is 12.8. The molecule has 0 aliphatic rings. The summed E-state index contributed by atoms with van der Waals surface area (Å²) in [6.45, 7) is 8.45. The Kier molecular flexibility index (Phi) is 4.32. The van der Waals surface area contributed by atoms with E-state index in [1.165, 1.54) is 0 Å². The highest BCUT2D eigenvalue weighted by Crippen LogP contribution is 2.29. The number of nitrogens with two attached hydrogens (primary N) is 1. The molecule has 0 unspecified atom stereocenters. The Morgan fingerprint density at radius 1 is 1.14 bits per heavy atom. The van der Waals surface area contributed by atoms with Crippen molar-refractivity contribution in [3.05, 3.63) is 58.1 Å². The molecule has 110 valence electrons. The van der Waals surface area contributed by atoms with Crippen LogP contribution in [0.2, 0.25) is 0 Å². The van der Waals surface area contributed by atoms with Gasteiger partial charge in [0.2, 0.25) is 0 Å². The van der Waals surface area contributed by atoms with Gasteiger partial charge in [0, 0.05) is 16.8 Å². The van der Waals surface area contributed by atoms with E-state index in [1.807, 2.05) is 33.8 Å². The number of rotatable bonds is 4. The molecule has 0 aliphatic heterocycles. The van der Waals surface area contributed by atoms with Gasteiger partial charge in [0.1, 0.15) is 5.75 Å². The Morgan fingerprint density at radius 3 is 2.48 bits per heavy atom. The van der Waals surface area contributed by atoms with Crippen molar-refractivity contribution < 1.29 is 9.53 Å².